The zero-order valence-electron chi connectivity index (χ0n) is 9.37. The quantitative estimate of drug-likeness (QED) is 0.871. The van der Waals surface area contributed by atoms with Crippen molar-refractivity contribution in [2.75, 3.05) is 0 Å². The Morgan fingerprint density at radius 1 is 1.59 bits per heavy atom. The molecule has 6 nitrogen and oxygen atoms in total. The van der Waals surface area contributed by atoms with Gasteiger partial charge in [0.25, 0.3) is 5.91 Å². The van der Waals surface area contributed by atoms with Gasteiger partial charge in [0.2, 0.25) is 0 Å². The lowest BCUT2D eigenvalue weighted by Gasteiger charge is -1.99. The van der Waals surface area contributed by atoms with Crippen LogP contribution in [0, 0.1) is 13.8 Å². The Bertz CT molecular complexity index is 546. The molecule has 2 aromatic heterocycles. The molecule has 90 valence electrons. The maximum atomic E-state index is 11.7. The summed E-state index contributed by atoms with van der Waals surface area (Å²) < 4.78 is 4.96. The van der Waals surface area contributed by atoms with E-state index in [-0.39, 0.29) is 18.1 Å². The second-order valence-electron chi connectivity index (χ2n) is 3.63. The van der Waals surface area contributed by atoms with E-state index < -0.39 is 0 Å². The lowest BCUT2D eigenvalue weighted by Crippen LogP contribution is -2.23. The van der Waals surface area contributed by atoms with Crippen LogP contribution in [0.15, 0.2) is 10.6 Å². The molecule has 0 aliphatic heterocycles. The molecule has 0 fully saturated rings. The highest BCUT2D eigenvalue weighted by Gasteiger charge is 2.16. The van der Waals surface area contributed by atoms with Gasteiger partial charge >= 0.3 is 0 Å². The topological polar surface area (TPSA) is 83.8 Å². The van der Waals surface area contributed by atoms with Gasteiger partial charge < -0.3 is 9.84 Å². The Hall–Kier alpha value is -1.82. The van der Waals surface area contributed by atoms with E-state index in [1.54, 1.807) is 13.0 Å². The molecule has 2 N–H and O–H groups in total. The number of hydrogen-bond acceptors (Lipinski definition) is 4. The highest BCUT2D eigenvalue weighted by Crippen LogP contribution is 2.16. The normalized spacial score (nSPS) is 10.5. The van der Waals surface area contributed by atoms with E-state index in [1.165, 1.54) is 0 Å². The van der Waals surface area contributed by atoms with Gasteiger partial charge in [-0.1, -0.05) is 16.8 Å². The first-order valence-corrected chi connectivity index (χ1v) is 5.36. The SMILES string of the molecule is Cc1cc(CNC(=O)c2n[nH]c(C)c2Cl)on1. The highest BCUT2D eigenvalue weighted by molar-refractivity contribution is 6.34. The van der Waals surface area contributed by atoms with E-state index in [0.29, 0.717) is 16.5 Å². The van der Waals surface area contributed by atoms with E-state index >= 15 is 0 Å². The molecule has 0 atom stereocenters. The molecule has 17 heavy (non-hydrogen) atoms. The smallest absolute Gasteiger partial charge is 0.273 e. The zero-order valence-corrected chi connectivity index (χ0v) is 10.1. The van der Waals surface area contributed by atoms with Crippen LogP contribution in [0.5, 0.6) is 0 Å². The average molecular weight is 255 g/mol. The number of amides is 1. The summed E-state index contributed by atoms with van der Waals surface area (Å²) in [4.78, 5) is 11.7. The molecule has 7 heteroatoms. The molecule has 2 heterocycles. The Morgan fingerprint density at radius 2 is 2.35 bits per heavy atom. The predicted octanol–water partition coefficient (Wildman–Crippen LogP) is 1.60. The number of carbonyl (C=O) groups excluding carboxylic acids is 1. The van der Waals surface area contributed by atoms with E-state index in [2.05, 4.69) is 20.7 Å². The van der Waals surface area contributed by atoms with Crippen molar-refractivity contribution in [2.45, 2.75) is 20.4 Å². The summed E-state index contributed by atoms with van der Waals surface area (Å²) in [5.74, 6) is 0.229. The summed E-state index contributed by atoms with van der Waals surface area (Å²) in [5.41, 5.74) is 1.61. The largest absolute Gasteiger partial charge is 0.359 e. The molecular formula is C10H11ClN4O2. The van der Waals surface area contributed by atoms with Gasteiger partial charge in [-0.2, -0.15) is 5.10 Å². The van der Waals surface area contributed by atoms with Crippen molar-refractivity contribution in [3.63, 3.8) is 0 Å². The maximum Gasteiger partial charge on any atom is 0.273 e. The Labute approximate surface area is 102 Å². The minimum atomic E-state index is -0.353. The summed E-state index contributed by atoms with van der Waals surface area (Å²) in [6.45, 7) is 3.80. The van der Waals surface area contributed by atoms with Gasteiger partial charge in [-0.3, -0.25) is 9.89 Å². The summed E-state index contributed by atoms with van der Waals surface area (Å²) >= 11 is 5.90. The van der Waals surface area contributed by atoms with Gasteiger partial charge in [0.1, 0.15) is 0 Å². The molecule has 0 aliphatic carbocycles. The summed E-state index contributed by atoms with van der Waals surface area (Å²) in [6, 6.07) is 1.75. The molecular weight excluding hydrogens is 244 g/mol. The Kier molecular flexibility index (Phi) is 3.14. The first kappa shape index (κ1) is 11.7. The number of rotatable bonds is 3. The number of H-pyrrole nitrogens is 1. The molecule has 0 aromatic carbocycles. The second kappa shape index (κ2) is 4.58. The van der Waals surface area contributed by atoms with Crippen molar-refractivity contribution in [1.29, 1.82) is 0 Å². The monoisotopic (exact) mass is 254 g/mol. The van der Waals surface area contributed by atoms with Crippen molar-refractivity contribution in [3.8, 4) is 0 Å². The summed E-state index contributed by atoms with van der Waals surface area (Å²) in [5, 5.41) is 13.1. The van der Waals surface area contributed by atoms with Crippen LogP contribution in [0.25, 0.3) is 0 Å². The van der Waals surface area contributed by atoms with Crippen molar-refractivity contribution < 1.29 is 9.32 Å². The van der Waals surface area contributed by atoms with Gasteiger partial charge in [-0.25, -0.2) is 0 Å². The van der Waals surface area contributed by atoms with Crippen LogP contribution < -0.4 is 5.32 Å². The number of aromatic nitrogens is 3. The summed E-state index contributed by atoms with van der Waals surface area (Å²) in [7, 11) is 0. The van der Waals surface area contributed by atoms with Crippen LogP contribution in [0.2, 0.25) is 5.02 Å². The van der Waals surface area contributed by atoms with Gasteiger partial charge in [-0.05, 0) is 13.8 Å². The second-order valence-corrected chi connectivity index (χ2v) is 4.01. The van der Waals surface area contributed by atoms with Crippen LogP contribution >= 0.6 is 11.6 Å². The highest BCUT2D eigenvalue weighted by atomic mass is 35.5. The molecule has 0 unspecified atom stereocenters. The number of halogens is 1. The predicted molar refractivity (Wildman–Crippen MR) is 60.7 cm³/mol. The van der Waals surface area contributed by atoms with Gasteiger partial charge in [0, 0.05) is 6.07 Å². The third-order valence-corrected chi connectivity index (χ3v) is 2.65. The molecule has 2 rings (SSSR count). The molecule has 0 saturated carbocycles. The molecule has 0 bridgehead atoms. The minimum absolute atomic E-state index is 0.181. The van der Waals surface area contributed by atoms with Crippen LogP contribution in [-0.4, -0.2) is 21.3 Å². The fourth-order valence-electron chi connectivity index (χ4n) is 1.32. The van der Waals surface area contributed by atoms with Crippen LogP contribution in [-0.2, 0) is 6.54 Å². The number of nitrogens with one attached hydrogen (secondary N) is 2. The molecule has 0 radical (unpaired) electrons. The average Bonchev–Trinajstić information content (AvgIpc) is 2.84. The standard InChI is InChI=1S/C10H11ClN4O2/c1-5-3-7(17-15-5)4-12-10(16)9-8(11)6(2)13-14-9/h3H,4H2,1-2H3,(H,12,16)(H,13,14). The summed E-state index contributed by atoms with van der Waals surface area (Å²) in [6.07, 6.45) is 0. The Balaban J connectivity index is 2.00. The van der Waals surface area contributed by atoms with Crippen molar-refractivity contribution in [2.24, 2.45) is 0 Å². The van der Waals surface area contributed by atoms with Crippen LogP contribution in [0.3, 0.4) is 0 Å². The first-order valence-electron chi connectivity index (χ1n) is 4.99. The Morgan fingerprint density at radius 3 is 2.88 bits per heavy atom. The number of hydrogen-bond donors (Lipinski definition) is 2. The van der Waals surface area contributed by atoms with E-state index in [0.717, 1.165) is 5.69 Å². The molecule has 0 aliphatic rings. The minimum Gasteiger partial charge on any atom is -0.359 e. The molecule has 1 amide bonds. The first-order chi connectivity index (χ1) is 8.08. The van der Waals surface area contributed by atoms with E-state index in [9.17, 15) is 4.79 Å². The van der Waals surface area contributed by atoms with Gasteiger partial charge in [0.15, 0.2) is 11.5 Å². The lowest BCUT2D eigenvalue weighted by molar-refractivity contribution is 0.0942. The van der Waals surface area contributed by atoms with Gasteiger partial charge in [0.05, 0.1) is 23.0 Å². The zero-order chi connectivity index (χ0) is 12.4. The van der Waals surface area contributed by atoms with Gasteiger partial charge in [-0.15, -0.1) is 0 Å². The fourth-order valence-corrected chi connectivity index (χ4v) is 1.49. The number of nitrogens with zero attached hydrogens (tertiary/aromatic N) is 2. The number of aryl methyl sites for hydroxylation is 2. The molecule has 0 spiro atoms. The van der Waals surface area contributed by atoms with Crippen molar-refractivity contribution in [3.05, 3.63) is 33.9 Å². The van der Waals surface area contributed by atoms with Crippen LogP contribution in [0.1, 0.15) is 27.6 Å². The number of carbonyl (C=O) groups is 1. The van der Waals surface area contributed by atoms with Crippen molar-refractivity contribution in [1.82, 2.24) is 20.7 Å². The third kappa shape index (κ3) is 2.47. The lowest BCUT2D eigenvalue weighted by atomic mass is 10.3. The number of aromatic amines is 1. The van der Waals surface area contributed by atoms with Crippen molar-refractivity contribution >= 4 is 17.5 Å². The van der Waals surface area contributed by atoms with E-state index in [1.807, 2.05) is 6.92 Å². The molecule has 0 saturated heterocycles. The van der Waals surface area contributed by atoms with Crippen LogP contribution in [0.4, 0.5) is 0 Å². The fraction of sp³-hybridized carbons (Fsp3) is 0.300. The molecule has 2 aromatic rings. The third-order valence-electron chi connectivity index (χ3n) is 2.19. The van der Waals surface area contributed by atoms with E-state index in [4.69, 9.17) is 16.1 Å². The maximum absolute atomic E-state index is 11.7.